The number of hydrogen-bond acceptors (Lipinski definition) is 7. The molecule has 3 heterocycles. The van der Waals surface area contributed by atoms with E-state index in [2.05, 4.69) is 15.0 Å². The maximum Gasteiger partial charge on any atom is 0.343 e. The lowest BCUT2D eigenvalue weighted by molar-refractivity contribution is 0.0475. The van der Waals surface area contributed by atoms with Crippen LogP contribution in [0.25, 0.3) is 0 Å². The molecule has 0 aromatic carbocycles. The number of ether oxygens (including phenoxy) is 1. The molecule has 0 aliphatic carbocycles. The lowest BCUT2D eigenvalue weighted by Crippen LogP contribution is -2.16. The maximum absolute atomic E-state index is 12.5. The highest BCUT2D eigenvalue weighted by atomic mass is 32.1. The number of carbonyl (C=O) groups is 2. The van der Waals surface area contributed by atoms with Gasteiger partial charge in [0.25, 0.3) is 0 Å². The Balaban J connectivity index is 1.71. The fourth-order valence-corrected chi connectivity index (χ4v) is 4.14. The summed E-state index contributed by atoms with van der Waals surface area (Å²) >= 11 is 2.72. The number of rotatable bonds is 6. The van der Waals surface area contributed by atoms with Crippen molar-refractivity contribution in [3.63, 3.8) is 0 Å². The standard InChI is InChI=1S/C18H19N3O3S2/c1-10-7-14(12(3)21(10)8-13-5-4-6-25-13)15(22)9-24-18(23)16-11(2)20-26-17(16)19/h4-7H,8-9,19H2,1-3H3. The van der Waals surface area contributed by atoms with Gasteiger partial charge in [0.1, 0.15) is 10.6 Å². The lowest BCUT2D eigenvalue weighted by Gasteiger charge is -2.08. The van der Waals surface area contributed by atoms with Crippen molar-refractivity contribution in [3.8, 4) is 0 Å². The predicted molar refractivity (Wildman–Crippen MR) is 103 cm³/mol. The van der Waals surface area contributed by atoms with E-state index in [1.165, 1.54) is 4.88 Å². The third-order valence-corrected chi connectivity index (χ3v) is 5.82. The zero-order valence-corrected chi connectivity index (χ0v) is 16.4. The third kappa shape index (κ3) is 3.56. The molecule has 0 radical (unpaired) electrons. The van der Waals surface area contributed by atoms with Crippen molar-refractivity contribution in [2.45, 2.75) is 27.3 Å². The summed E-state index contributed by atoms with van der Waals surface area (Å²) in [6.07, 6.45) is 0. The average Bonchev–Trinajstić information content (AvgIpc) is 3.30. The van der Waals surface area contributed by atoms with Crippen LogP contribution in [0.2, 0.25) is 0 Å². The molecule has 8 heteroatoms. The van der Waals surface area contributed by atoms with Crippen LogP contribution in [0.3, 0.4) is 0 Å². The molecule has 0 saturated carbocycles. The van der Waals surface area contributed by atoms with Crippen molar-refractivity contribution in [3.05, 3.63) is 56.7 Å². The molecule has 0 atom stereocenters. The van der Waals surface area contributed by atoms with E-state index in [1.807, 2.05) is 31.4 Å². The highest BCUT2D eigenvalue weighted by Gasteiger charge is 2.21. The number of nitrogens with two attached hydrogens (primary N) is 1. The number of aromatic nitrogens is 2. The van der Waals surface area contributed by atoms with Gasteiger partial charge in [-0.25, -0.2) is 4.79 Å². The van der Waals surface area contributed by atoms with Crippen LogP contribution in [-0.4, -0.2) is 27.3 Å². The molecule has 136 valence electrons. The Morgan fingerprint density at radius 3 is 2.69 bits per heavy atom. The summed E-state index contributed by atoms with van der Waals surface area (Å²) in [5, 5.41) is 2.33. The first-order valence-corrected chi connectivity index (χ1v) is 9.65. The first-order chi connectivity index (χ1) is 12.4. The van der Waals surface area contributed by atoms with Crippen LogP contribution in [0, 0.1) is 20.8 Å². The summed E-state index contributed by atoms with van der Waals surface area (Å²) in [5.74, 6) is -0.849. The van der Waals surface area contributed by atoms with E-state index in [0.717, 1.165) is 29.5 Å². The highest BCUT2D eigenvalue weighted by molar-refractivity contribution is 7.10. The van der Waals surface area contributed by atoms with E-state index in [1.54, 1.807) is 18.3 Å². The predicted octanol–water partition coefficient (Wildman–Crippen LogP) is 3.60. The molecule has 0 spiro atoms. The monoisotopic (exact) mass is 389 g/mol. The lowest BCUT2D eigenvalue weighted by atomic mass is 10.1. The molecule has 3 rings (SSSR count). The van der Waals surface area contributed by atoms with Gasteiger partial charge in [-0.2, -0.15) is 4.37 Å². The second-order valence-electron chi connectivity index (χ2n) is 5.96. The Bertz CT molecular complexity index is 935. The van der Waals surface area contributed by atoms with E-state index in [4.69, 9.17) is 10.5 Å². The maximum atomic E-state index is 12.5. The Morgan fingerprint density at radius 1 is 1.31 bits per heavy atom. The van der Waals surface area contributed by atoms with Gasteiger partial charge in [-0.3, -0.25) is 4.79 Å². The number of aryl methyl sites for hydroxylation is 2. The molecular formula is C18H19N3O3S2. The minimum atomic E-state index is -0.616. The molecule has 0 saturated heterocycles. The molecule has 0 amide bonds. The van der Waals surface area contributed by atoms with Crippen molar-refractivity contribution in [2.75, 3.05) is 12.3 Å². The van der Waals surface area contributed by atoms with Crippen LogP contribution in [0.4, 0.5) is 5.00 Å². The van der Waals surface area contributed by atoms with Gasteiger partial charge in [-0.15, -0.1) is 11.3 Å². The van der Waals surface area contributed by atoms with Gasteiger partial charge < -0.3 is 15.0 Å². The van der Waals surface area contributed by atoms with E-state index in [0.29, 0.717) is 16.3 Å². The summed E-state index contributed by atoms with van der Waals surface area (Å²) < 4.78 is 11.3. The Labute approximate surface area is 159 Å². The van der Waals surface area contributed by atoms with Gasteiger partial charge in [0.15, 0.2) is 6.61 Å². The quantitative estimate of drug-likeness (QED) is 0.514. The minimum absolute atomic E-state index is 0.233. The average molecular weight is 390 g/mol. The molecule has 6 nitrogen and oxygen atoms in total. The van der Waals surface area contributed by atoms with Crippen molar-refractivity contribution in [1.29, 1.82) is 0 Å². The number of nitrogens with zero attached hydrogens (tertiary/aromatic N) is 2. The third-order valence-electron chi connectivity index (χ3n) is 4.20. The number of esters is 1. The molecule has 0 fully saturated rings. The number of nitrogen functional groups attached to an aromatic ring is 1. The molecule has 26 heavy (non-hydrogen) atoms. The van der Waals surface area contributed by atoms with E-state index in [-0.39, 0.29) is 18.0 Å². The van der Waals surface area contributed by atoms with Gasteiger partial charge in [0.05, 0.1) is 12.2 Å². The Kier molecular flexibility index (Phi) is 5.24. The van der Waals surface area contributed by atoms with Gasteiger partial charge in [0, 0.05) is 21.8 Å². The van der Waals surface area contributed by atoms with Crippen molar-refractivity contribution >= 4 is 39.6 Å². The van der Waals surface area contributed by atoms with Crippen LogP contribution < -0.4 is 5.73 Å². The zero-order valence-electron chi connectivity index (χ0n) is 14.7. The summed E-state index contributed by atoms with van der Waals surface area (Å²) in [5.41, 5.74) is 8.92. The SMILES string of the molecule is Cc1nsc(N)c1C(=O)OCC(=O)c1cc(C)n(Cc2cccs2)c1C. The molecule has 0 bridgehead atoms. The smallest absolute Gasteiger partial charge is 0.343 e. The fraction of sp³-hybridized carbons (Fsp3) is 0.278. The molecule has 0 aliphatic rings. The number of carbonyl (C=O) groups excluding carboxylic acids is 2. The molecule has 2 N–H and O–H groups in total. The van der Waals surface area contributed by atoms with Crippen LogP contribution in [0.1, 0.15) is 42.7 Å². The van der Waals surface area contributed by atoms with Gasteiger partial charge >= 0.3 is 5.97 Å². The van der Waals surface area contributed by atoms with Crippen LogP contribution in [0.5, 0.6) is 0 Å². The fourth-order valence-electron chi connectivity index (χ4n) is 2.80. The number of anilines is 1. The first kappa shape index (κ1) is 18.3. The van der Waals surface area contributed by atoms with Gasteiger partial charge in [-0.05, 0) is 49.8 Å². The summed E-state index contributed by atoms with van der Waals surface area (Å²) in [6, 6.07) is 5.91. The molecular weight excluding hydrogens is 370 g/mol. The van der Waals surface area contributed by atoms with E-state index >= 15 is 0 Å². The van der Waals surface area contributed by atoms with Gasteiger partial charge in [-0.1, -0.05) is 6.07 Å². The molecule has 3 aromatic heterocycles. The number of Topliss-reactive ketones (excluding diaryl/α,β-unsaturated/α-hetero) is 1. The topological polar surface area (TPSA) is 87.2 Å². The van der Waals surface area contributed by atoms with Crippen LogP contribution >= 0.6 is 22.9 Å². The number of ketones is 1. The highest BCUT2D eigenvalue weighted by Crippen LogP contribution is 2.22. The second-order valence-corrected chi connectivity index (χ2v) is 7.79. The Morgan fingerprint density at radius 2 is 2.08 bits per heavy atom. The van der Waals surface area contributed by atoms with Crippen LogP contribution in [-0.2, 0) is 11.3 Å². The molecule has 0 aliphatic heterocycles. The second kappa shape index (κ2) is 7.43. The van der Waals surface area contributed by atoms with E-state index < -0.39 is 5.97 Å². The summed E-state index contributed by atoms with van der Waals surface area (Å²) in [7, 11) is 0. The Hall–Kier alpha value is -2.45. The van der Waals surface area contributed by atoms with Crippen molar-refractivity contribution in [1.82, 2.24) is 8.94 Å². The number of thiophene rings is 1. The van der Waals surface area contributed by atoms with Crippen molar-refractivity contribution in [2.24, 2.45) is 0 Å². The summed E-state index contributed by atoms with van der Waals surface area (Å²) in [4.78, 5) is 25.9. The largest absolute Gasteiger partial charge is 0.454 e. The zero-order chi connectivity index (χ0) is 18.8. The van der Waals surface area contributed by atoms with Gasteiger partial charge in [0.2, 0.25) is 5.78 Å². The first-order valence-electron chi connectivity index (χ1n) is 7.99. The molecule has 3 aromatic rings. The molecule has 0 unspecified atom stereocenters. The minimum Gasteiger partial charge on any atom is -0.454 e. The summed E-state index contributed by atoms with van der Waals surface area (Å²) in [6.45, 7) is 5.95. The number of hydrogen-bond donors (Lipinski definition) is 1. The van der Waals surface area contributed by atoms with E-state index in [9.17, 15) is 9.59 Å². The van der Waals surface area contributed by atoms with Crippen LogP contribution in [0.15, 0.2) is 23.6 Å². The normalized spacial score (nSPS) is 10.9. The van der Waals surface area contributed by atoms with Crippen molar-refractivity contribution < 1.29 is 14.3 Å².